The molecule has 29 heavy (non-hydrogen) atoms. The fourth-order valence-corrected chi connectivity index (χ4v) is 4.52. The highest BCUT2D eigenvalue weighted by molar-refractivity contribution is 7.16. The summed E-state index contributed by atoms with van der Waals surface area (Å²) in [4.78, 5) is 5.60. The molecule has 0 spiro atoms. The van der Waals surface area contributed by atoms with Crippen LogP contribution in [0.15, 0.2) is 41.4 Å². The number of ether oxygens (including phenoxy) is 1. The topological polar surface area (TPSA) is 65.9 Å². The van der Waals surface area contributed by atoms with Gasteiger partial charge in [-0.3, -0.25) is 4.99 Å². The lowest BCUT2D eigenvalue weighted by molar-refractivity contribution is 0.0530. The number of benzene rings is 1. The molecule has 0 saturated carbocycles. The van der Waals surface area contributed by atoms with Crippen LogP contribution in [0.4, 0.5) is 4.39 Å². The van der Waals surface area contributed by atoms with E-state index in [0.717, 1.165) is 23.3 Å². The Morgan fingerprint density at radius 1 is 1.24 bits per heavy atom. The van der Waals surface area contributed by atoms with Crippen molar-refractivity contribution in [3.8, 4) is 0 Å². The summed E-state index contributed by atoms with van der Waals surface area (Å²) in [5.41, 5.74) is 0.892. The maximum absolute atomic E-state index is 13.4. The molecule has 5 nitrogen and oxygen atoms in total. The predicted octanol–water partition coefficient (Wildman–Crippen LogP) is 3.88. The van der Waals surface area contributed by atoms with Gasteiger partial charge in [0.1, 0.15) is 11.9 Å². The number of thiophene rings is 1. The molecule has 1 aromatic heterocycles. The van der Waals surface area contributed by atoms with E-state index >= 15 is 0 Å². The van der Waals surface area contributed by atoms with Crippen LogP contribution in [0.5, 0.6) is 0 Å². The van der Waals surface area contributed by atoms with Crippen LogP contribution in [0.2, 0.25) is 4.34 Å². The number of aliphatic hydroxyl groups is 1. The van der Waals surface area contributed by atoms with E-state index in [4.69, 9.17) is 21.3 Å². The van der Waals surface area contributed by atoms with Crippen LogP contribution in [-0.2, 0) is 10.2 Å². The third kappa shape index (κ3) is 5.92. The SMILES string of the molecule is CCNC(=NCC1(c2ccc(F)cc2)CCOCC1)NCC(O)c1ccc(Cl)s1. The van der Waals surface area contributed by atoms with Crippen molar-refractivity contribution in [1.82, 2.24) is 10.6 Å². The minimum absolute atomic E-state index is 0.186. The number of rotatable bonds is 7. The van der Waals surface area contributed by atoms with Gasteiger partial charge in [-0.15, -0.1) is 11.3 Å². The molecule has 8 heteroatoms. The van der Waals surface area contributed by atoms with Crippen molar-refractivity contribution >= 4 is 28.9 Å². The Balaban J connectivity index is 1.71. The standard InChI is InChI=1S/C21H27ClFN3O2S/c1-2-24-20(25-13-17(27)18-7-8-19(22)29-18)26-14-21(9-11-28-12-10-21)15-3-5-16(23)6-4-15/h3-8,17,27H,2,9-14H2,1H3,(H2,24,25,26). The van der Waals surface area contributed by atoms with Crippen LogP contribution in [0.25, 0.3) is 0 Å². The van der Waals surface area contributed by atoms with Crippen molar-refractivity contribution in [2.45, 2.75) is 31.3 Å². The monoisotopic (exact) mass is 439 g/mol. The van der Waals surface area contributed by atoms with Crippen LogP contribution in [-0.4, -0.2) is 43.9 Å². The number of hydrogen-bond donors (Lipinski definition) is 3. The van der Waals surface area contributed by atoms with Gasteiger partial charge in [-0.05, 0) is 49.6 Å². The Hall–Kier alpha value is -1.67. The molecule has 2 aromatic rings. The highest BCUT2D eigenvalue weighted by Gasteiger charge is 2.34. The van der Waals surface area contributed by atoms with Crippen LogP contribution >= 0.6 is 22.9 Å². The molecule has 0 bridgehead atoms. The summed E-state index contributed by atoms with van der Waals surface area (Å²) >= 11 is 7.32. The van der Waals surface area contributed by atoms with E-state index in [-0.39, 0.29) is 11.2 Å². The van der Waals surface area contributed by atoms with E-state index in [2.05, 4.69) is 10.6 Å². The Bertz CT molecular complexity index is 807. The van der Waals surface area contributed by atoms with Crippen LogP contribution in [0.1, 0.15) is 36.3 Å². The highest BCUT2D eigenvalue weighted by Crippen LogP contribution is 2.35. The van der Waals surface area contributed by atoms with E-state index < -0.39 is 6.10 Å². The molecule has 1 atom stereocenters. The summed E-state index contributed by atoms with van der Waals surface area (Å²) < 4.78 is 19.6. The van der Waals surface area contributed by atoms with Crippen LogP contribution in [0, 0.1) is 5.82 Å². The van der Waals surface area contributed by atoms with Gasteiger partial charge in [-0.1, -0.05) is 23.7 Å². The minimum atomic E-state index is -0.662. The second-order valence-electron chi connectivity index (χ2n) is 7.13. The van der Waals surface area contributed by atoms with Crippen LogP contribution < -0.4 is 10.6 Å². The van der Waals surface area contributed by atoms with E-state index in [1.165, 1.54) is 23.5 Å². The lowest BCUT2D eigenvalue weighted by Crippen LogP contribution is -2.42. The molecule has 0 aliphatic carbocycles. The summed E-state index contributed by atoms with van der Waals surface area (Å²) in [5, 5.41) is 16.8. The molecule has 3 rings (SSSR count). The van der Waals surface area contributed by atoms with Crippen molar-refractivity contribution in [3.63, 3.8) is 0 Å². The normalized spacial score (nSPS) is 17.7. The Kier molecular flexibility index (Phi) is 7.89. The zero-order chi connectivity index (χ0) is 20.7. The van der Waals surface area contributed by atoms with Crippen molar-refractivity contribution < 1.29 is 14.2 Å². The molecule has 1 unspecified atom stereocenters. The first-order chi connectivity index (χ1) is 14.0. The van der Waals surface area contributed by atoms with Gasteiger partial charge in [0.25, 0.3) is 0 Å². The molecule has 0 amide bonds. The number of nitrogens with zero attached hydrogens (tertiary/aromatic N) is 1. The fourth-order valence-electron chi connectivity index (χ4n) is 3.48. The third-order valence-electron chi connectivity index (χ3n) is 5.18. The van der Waals surface area contributed by atoms with Crippen molar-refractivity contribution in [2.24, 2.45) is 4.99 Å². The molecule has 1 fully saturated rings. The van der Waals surface area contributed by atoms with Crippen molar-refractivity contribution in [1.29, 1.82) is 0 Å². The van der Waals surface area contributed by atoms with Gasteiger partial charge in [-0.2, -0.15) is 0 Å². The maximum atomic E-state index is 13.4. The fraction of sp³-hybridized carbons (Fsp3) is 0.476. The highest BCUT2D eigenvalue weighted by atomic mass is 35.5. The Morgan fingerprint density at radius 2 is 1.97 bits per heavy atom. The Morgan fingerprint density at radius 3 is 2.59 bits per heavy atom. The largest absolute Gasteiger partial charge is 0.386 e. The van der Waals surface area contributed by atoms with E-state index in [9.17, 15) is 9.50 Å². The molecule has 2 heterocycles. The van der Waals surface area contributed by atoms with Gasteiger partial charge in [-0.25, -0.2) is 4.39 Å². The summed E-state index contributed by atoms with van der Waals surface area (Å²) in [5.74, 6) is 0.402. The number of aliphatic imine (C=N–C) groups is 1. The van der Waals surface area contributed by atoms with Crippen molar-refractivity contribution in [2.75, 3.05) is 32.8 Å². The molecular formula is C21H27ClFN3O2S. The molecule has 0 radical (unpaired) electrons. The maximum Gasteiger partial charge on any atom is 0.191 e. The zero-order valence-corrected chi connectivity index (χ0v) is 18.0. The molecule has 1 saturated heterocycles. The van der Waals surface area contributed by atoms with Gasteiger partial charge in [0.2, 0.25) is 0 Å². The lowest BCUT2D eigenvalue weighted by atomic mass is 9.74. The second kappa shape index (κ2) is 10.4. The molecule has 1 aliphatic rings. The lowest BCUT2D eigenvalue weighted by Gasteiger charge is -2.36. The first kappa shape index (κ1) is 22.0. The minimum Gasteiger partial charge on any atom is -0.386 e. The summed E-state index contributed by atoms with van der Waals surface area (Å²) in [6, 6.07) is 10.3. The van der Waals surface area contributed by atoms with Crippen molar-refractivity contribution in [3.05, 3.63) is 57.0 Å². The van der Waals surface area contributed by atoms with E-state index in [1.807, 2.05) is 25.1 Å². The van der Waals surface area contributed by atoms with Gasteiger partial charge >= 0.3 is 0 Å². The van der Waals surface area contributed by atoms with Gasteiger partial charge < -0.3 is 20.5 Å². The number of hydrogen-bond acceptors (Lipinski definition) is 4. The van der Waals surface area contributed by atoms with Gasteiger partial charge in [0.15, 0.2) is 5.96 Å². The molecule has 1 aromatic carbocycles. The molecule has 3 N–H and O–H groups in total. The number of nitrogens with one attached hydrogen (secondary N) is 2. The van der Waals surface area contributed by atoms with Gasteiger partial charge in [0.05, 0.1) is 10.9 Å². The predicted molar refractivity (Wildman–Crippen MR) is 116 cm³/mol. The summed E-state index contributed by atoms with van der Waals surface area (Å²) in [6.45, 7) is 4.91. The molecule has 158 valence electrons. The van der Waals surface area contributed by atoms with Gasteiger partial charge in [0, 0.05) is 36.6 Å². The van der Waals surface area contributed by atoms with E-state index in [0.29, 0.717) is 43.1 Å². The average molecular weight is 440 g/mol. The third-order valence-corrected chi connectivity index (χ3v) is 6.51. The zero-order valence-electron chi connectivity index (χ0n) is 16.5. The van der Waals surface area contributed by atoms with E-state index in [1.54, 1.807) is 6.07 Å². The molecule has 1 aliphatic heterocycles. The second-order valence-corrected chi connectivity index (χ2v) is 8.88. The summed E-state index contributed by atoms with van der Waals surface area (Å²) in [7, 11) is 0. The number of guanidine groups is 1. The Labute approximate surface area is 180 Å². The smallest absolute Gasteiger partial charge is 0.191 e. The number of aliphatic hydroxyl groups excluding tert-OH is 1. The first-order valence-electron chi connectivity index (χ1n) is 9.82. The quantitative estimate of drug-likeness (QED) is 0.452. The molecular weight excluding hydrogens is 413 g/mol. The first-order valence-corrected chi connectivity index (χ1v) is 11.0. The summed E-state index contributed by atoms with van der Waals surface area (Å²) in [6.07, 6.45) is 1.00. The average Bonchev–Trinajstić information content (AvgIpc) is 3.17. The van der Waals surface area contributed by atoms with Crippen LogP contribution in [0.3, 0.4) is 0 Å². The number of halogens is 2.